The minimum atomic E-state index is -4.68. The fourth-order valence-electron chi connectivity index (χ4n) is 6.40. The van der Waals surface area contributed by atoms with Gasteiger partial charge in [0, 0.05) is 37.8 Å². The third-order valence-electron chi connectivity index (χ3n) is 8.87. The number of halogens is 5. The van der Waals surface area contributed by atoms with E-state index < -0.39 is 69.7 Å². The Morgan fingerprint density at radius 3 is 2.52 bits per heavy atom. The van der Waals surface area contributed by atoms with E-state index in [4.69, 9.17) is 4.74 Å². The molecule has 0 aliphatic carbocycles. The van der Waals surface area contributed by atoms with Crippen molar-refractivity contribution in [1.82, 2.24) is 19.9 Å². The maximum absolute atomic E-state index is 15.4. The molecule has 5 atom stereocenters. The van der Waals surface area contributed by atoms with Crippen molar-refractivity contribution in [2.45, 2.75) is 62.3 Å². The molecule has 2 bridgehead atoms. The molecule has 9 nitrogen and oxygen atoms in total. The number of benzene rings is 2. The standard InChI is InChI=1S/C33H35F5N4O5S/c1-47-32(44)41-31(30(20-7-10-23(34)11-8-20)28-14-9-22(17-40-28)33(36,37)38)29(43)16-21-4-2-6-27(35)26(21)13-12-25-18-39-24-5-3-15-48(45,46)42(25)19-24/h2,4,6-11,14,17,24-25,30-31,39H,3,5,12-13,15-16,18-19H2,1H3,(H,41,44)/t24-,25+,30?,31?/m1/s1. The second kappa shape index (κ2) is 14.7. The van der Waals surface area contributed by atoms with Gasteiger partial charge in [-0.15, -0.1) is 0 Å². The number of fused-ring (bicyclic) bond motifs is 2. The van der Waals surface area contributed by atoms with Crippen molar-refractivity contribution >= 4 is 21.9 Å². The summed E-state index contributed by atoms with van der Waals surface area (Å²) in [6.07, 6.45) is -3.84. The number of hydrogen-bond donors (Lipinski definition) is 2. The van der Waals surface area contributed by atoms with Crippen molar-refractivity contribution in [3.63, 3.8) is 0 Å². The van der Waals surface area contributed by atoms with Crippen LogP contribution in [0.4, 0.5) is 26.7 Å². The van der Waals surface area contributed by atoms with Gasteiger partial charge in [-0.2, -0.15) is 17.5 Å². The van der Waals surface area contributed by atoms with Gasteiger partial charge in [-0.1, -0.05) is 24.3 Å². The topological polar surface area (TPSA) is 118 Å². The van der Waals surface area contributed by atoms with Gasteiger partial charge < -0.3 is 15.4 Å². The second-order valence-electron chi connectivity index (χ2n) is 12.0. The zero-order valence-electron chi connectivity index (χ0n) is 26.0. The van der Waals surface area contributed by atoms with Crippen LogP contribution in [0.1, 0.15) is 53.1 Å². The normalized spacial score (nSPS) is 21.8. The minimum Gasteiger partial charge on any atom is -0.453 e. The zero-order valence-corrected chi connectivity index (χ0v) is 26.8. The predicted octanol–water partition coefficient (Wildman–Crippen LogP) is 4.75. The third-order valence-corrected chi connectivity index (χ3v) is 10.8. The molecule has 2 saturated heterocycles. The van der Waals surface area contributed by atoms with Gasteiger partial charge in [0.1, 0.15) is 17.7 Å². The summed E-state index contributed by atoms with van der Waals surface area (Å²) in [5.41, 5.74) is -0.308. The maximum Gasteiger partial charge on any atom is 0.417 e. The van der Waals surface area contributed by atoms with E-state index in [9.17, 15) is 35.6 Å². The number of methoxy groups -OCH3 is 1. The summed E-state index contributed by atoms with van der Waals surface area (Å²) in [5, 5.41) is 5.83. The molecule has 1 amide bonds. The zero-order chi connectivity index (χ0) is 34.6. The van der Waals surface area contributed by atoms with Crippen LogP contribution in [0, 0.1) is 11.6 Å². The van der Waals surface area contributed by atoms with Crippen LogP contribution in [0.25, 0.3) is 0 Å². The Morgan fingerprint density at radius 1 is 1.10 bits per heavy atom. The number of sulfonamides is 1. The number of nitrogens with zero attached hydrogens (tertiary/aromatic N) is 2. The molecule has 3 aromatic rings. The maximum atomic E-state index is 15.4. The Balaban J connectivity index is 1.46. The molecule has 48 heavy (non-hydrogen) atoms. The van der Waals surface area contributed by atoms with Crippen molar-refractivity contribution in [2.24, 2.45) is 0 Å². The van der Waals surface area contributed by atoms with E-state index >= 15 is 4.39 Å². The average Bonchev–Trinajstić information content (AvgIpc) is 3.16. The Bertz CT molecular complexity index is 1720. The number of hydrogen-bond acceptors (Lipinski definition) is 7. The lowest BCUT2D eigenvalue weighted by Crippen LogP contribution is -2.57. The summed E-state index contributed by atoms with van der Waals surface area (Å²) < 4.78 is 101. The first-order valence-electron chi connectivity index (χ1n) is 15.4. The highest BCUT2D eigenvalue weighted by Gasteiger charge is 2.39. The lowest BCUT2D eigenvalue weighted by atomic mass is 9.83. The predicted molar refractivity (Wildman–Crippen MR) is 166 cm³/mol. The number of carbonyl (C=O) groups is 2. The lowest BCUT2D eigenvalue weighted by molar-refractivity contribution is -0.137. The first kappa shape index (κ1) is 35.4. The number of aromatic nitrogens is 1. The quantitative estimate of drug-likeness (QED) is 0.295. The molecule has 0 saturated carbocycles. The first-order chi connectivity index (χ1) is 22.8. The van der Waals surface area contributed by atoms with Crippen LogP contribution in [0.5, 0.6) is 0 Å². The van der Waals surface area contributed by atoms with Gasteiger partial charge in [0.15, 0.2) is 5.78 Å². The van der Waals surface area contributed by atoms with Crippen LogP contribution in [-0.2, 0) is 38.6 Å². The van der Waals surface area contributed by atoms with Crippen LogP contribution >= 0.6 is 0 Å². The molecule has 0 spiro atoms. The number of ketones is 1. The van der Waals surface area contributed by atoms with Crippen LogP contribution < -0.4 is 10.6 Å². The number of amides is 1. The van der Waals surface area contributed by atoms with Gasteiger partial charge in [0.05, 0.1) is 30.0 Å². The van der Waals surface area contributed by atoms with Gasteiger partial charge in [0.25, 0.3) is 0 Å². The SMILES string of the molecule is COC(=O)NC(C(=O)Cc1cccc(F)c1CC[C@H]1CN[C@@H]2CCCS(=O)(=O)N1C2)C(c1ccc(F)cc1)c1ccc(C(F)(F)F)cn1. The average molecular weight is 695 g/mol. The summed E-state index contributed by atoms with van der Waals surface area (Å²) in [5.74, 6) is -3.01. The molecule has 15 heteroatoms. The van der Waals surface area contributed by atoms with Crippen LogP contribution in [0.15, 0.2) is 60.8 Å². The number of Topliss-reactive ketones (excluding diaryl/α,β-unsaturated/α-hetero) is 1. The highest BCUT2D eigenvalue weighted by molar-refractivity contribution is 7.89. The number of piperazine rings is 1. The molecule has 3 unspecified atom stereocenters. The Labute approximate surface area is 274 Å². The summed E-state index contributed by atoms with van der Waals surface area (Å²) in [7, 11) is -2.42. The minimum absolute atomic E-state index is 0.0226. The number of pyridine rings is 1. The largest absolute Gasteiger partial charge is 0.453 e. The number of alkyl halides is 3. The molecular formula is C33H35F5N4O5S. The number of carbonyl (C=O) groups excluding carboxylic acids is 2. The van der Waals surface area contributed by atoms with Crippen molar-refractivity contribution in [3.05, 3.63) is 100 Å². The molecule has 3 heterocycles. The summed E-state index contributed by atoms with van der Waals surface area (Å²) in [6, 6.07) is 9.06. The first-order valence-corrected chi connectivity index (χ1v) is 17.0. The van der Waals surface area contributed by atoms with Gasteiger partial charge in [-0.05, 0) is 72.7 Å². The van der Waals surface area contributed by atoms with Gasteiger partial charge in [-0.25, -0.2) is 22.0 Å². The van der Waals surface area contributed by atoms with Crippen molar-refractivity contribution in [1.29, 1.82) is 0 Å². The lowest BCUT2D eigenvalue weighted by Gasteiger charge is -2.37. The van der Waals surface area contributed by atoms with Crippen molar-refractivity contribution in [3.8, 4) is 0 Å². The summed E-state index contributed by atoms with van der Waals surface area (Å²) in [6.45, 7) is 0.733. The summed E-state index contributed by atoms with van der Waals surface area (Å²) >= 11 is 0. The molecule has 2 N–H and O–H groups in total. The van der Waals surface area contributed by atoms with Crippen LogP contribution in [0.3, 0.4) is 0 Å². The number of nitrogens with one attached hydrogen (secondary N) is 2. The van der Waals surface area contributed by atoms with Crippen LogP contribution in [-0.4, -0.2) is 73.7 Å². The monoisotopic (exact) mass is 694 g/mol. The summed E-state index contributed by atoms with van der Waals surface area (Å²) in [4.78, 5) is 30.6. The Kier molecular flexibility index (Phi) is 10.8. The van der Waals surface area contributed by atoms with E-state index in [1.165, 1.54) is 28.6 Å². The molecule has 1 aromatic heterocycles. The fourth-order valence-corrected chi connectivity index (χ4v) is 8.21. The van der Waals surface area contributed by atoms with E-state index in [2.05, 4.69) is 15.6 Å². The third kappa shape index (κ3) is 8.18. The van der Waals surface area contributed by atoms with Crippen molar-refractivity contribution in [2.75, 3.05) is 26.0 Å². The molecule has 0 radical (unpaired) electrons. The van der Waals surface area contributed by atoms with Gasteiger partial charge in [0.2, 0.25) is 10.0 Å². The molecule has 2 aliphatic heterocycles. The Hall–Kier alpha value is -3.95. The number of rotatable bonds is 10. The van der Waals surface area contributed by atoms with E-state index in [-0.39, 0.29) is 47.0 Å². The van der Waals surface area contributed by atoms with Crippen LogP contribution in [0.2, 0.25) is 0 Å². The highest BCUT2D eigenvalue weighted by atomic mass is 32.2. The molecule has 258 valence electrons. The molecule has 2 aliphatic rings. The number of ether oxygens (including phenoxy) is 1. The van der Waals surface area contributed by atoms with E-state index in [1.807, 2.05) is 0 Å². The molecule has 5 rings (SSSR count). The molecule has 2 aromatic carbocycles. The van der Waals surface area contributed by atoms with E-state index in [0.29, 0.717) is 25.7 Å². The van der Waals surface area contributed by atoms with E-state index in [0.717, 1.165) is 37.8 Å². The smallest absolute Gasteiger partial charge is 0.417 e. The van der Waals surface area contributed by atoms with Crippen molar-refractivity contribution < 1.29 is 44.7 Å². The second-order valence-corrected chi connectivity index (χ2v) is 14.0. The van der Waals surface area contributed by atoms with Gasteiger partial charge in [-0.3, -0.25) is 9.78 Å². The molecule has 2 fully saturated rings. The fraction of sp³-hybridized carbons (Fsp3) is 0.424. The molecular weight excluding hydrogens is 659 g/mol. The van der Waals surface area contributed by atoms with Gasteiger partial charge >= 0.3 is 12.3 Å². The number of alkyl carbamates (subject to hydrolysis) is 1. The van der Waals surface area contributed by atoms with E-state index in [1.54, 1.807) is 6.07 Å². The highest BCUT2D eigenvalue weighted by Crippen LogP contribution is 2.33. The Morgan fingerprint density at radius 2 is 1.85 bits per heavy atom.